The summed E-state index contributed by atoms with van der Waals surface area (Å²) in [6, 6.07) is 17.4. The van der Waals surface area contributed by atoms with Gasteiger partial charge in [-0.05, 0) is 49.6 Å². The van der Waals surface area contributed by atoms with E-state index in [0.29, 0.717) is 24.4 Å². The van der Waals surface area contributed by atoms with Gasteiger partial charge in [-0.1, -0.05) is 42.5 Å². The first-order valence-corrected chi connectivity index (χ1v) is 9.68. The molecule has 0 aliphatic rings. The number of rotatable bonds is 6. The molecule has 1 N–H and O–H groups in total. The van der Waals surface area contributed by atoms with E-state index in [2.05, 4.69) is 4.98 Å². The Morgan fingerprint density at radius 2 is 1.66 bits per heavy atom. The van der Waals surface area contributed by atoms with Crippen LogP contribution in [0.25, 0.3) is 11.1 Å². The number of esters is 1. The molecule has 150 valence electrons. The first-order valence-electron chi connectivity index (χ1n) is 9.68. The Hall–Kier alpha value is -3.34. The molecule has 5 nitrogen and oxygen atoms in total. The average Bonchev–Trinajstić information content (AvgIpc) is 3.02. The highest BCUT2D eigenvalue weighted by Crippen LogP contribution is 2.30. The number of amides is 1. The quantitative estimate of drug-likeness (QED) is 0.618. The van der Waals surface area contributed by atoms with Crippen LogP contribution in [0.1, 0.15) is 44.6 Å². The maximum Gasteiger partial charge on any atom is 0.355 e. The van der Waals surface area contributed by atoms with Crippen LogP contribution in [0.3, 0.4) is 0 Å². The van der Waals surface area contributed by atoms with Gasteiger partial charge in [0.2, 0.25) is 0 Å². The van der Waals surface area contributed by atoms with Gasteiger partial charge in [0.1, 0.15) is 5.69 Å². The van der Waals surface area contributed by atoms with Crippen LogP contribution < -0.4 is 0 Å². The van der Waals surface area contributed by atoms with E-state index in [0.717, 1.165) is 27.9 Å². The van der Waals surface area contributed by atoms with Gasteiger partial charge in [-0.25, -0.2) is 4.79 Å². The number of hydrogen-bond donors (Lipinski definition) is 1. The van der Waals surface area contributed by atoms with E-state index >= 15 is 0 Å². The lowest BCUT2D eigenvalue weighted by Crippen LogP contribution is -2.26. The average molecular weight is 390 g/mol. The highest BCUT2D eigenvalue weighted by atomic mass is 16.5. The van der Waals surface area contributed by atoms with E-state index < -0.39 is 0 Å². The van der Waals surface area contributed by atoms with Crippen molar-refractivity contribution in [1.29, 1.82) is 0 Å². The first-order chi connectivity index (χ1) is 13.9. The Balaban J connectivity index is 1.80. The predicted octanol–water partition coefficient (Wildman–Crippen LogP) is 4.75. The Kier molecular flexibility index (Phi) is 6.17. The standard InChI is InChI=1S/C24H26N2O3/c1-5-29-24(28)22-16(2)21(17(3)25-22)19-11-13-20(14-12-19)23(27)26(4)15-18-9-7-6-8-10-18/h6-14,25H,5,15H2,1-4H3. The zero-order valence-electron chi connectivity index (χ0n) is 17.3. The third kappa shape index (κ3) is 4.40. The molecule has 3 rings (SSSR count). The number of hydrogen-bond acceptors (Lipinski definition) is 3. The molecule has 0 atom stereocenters. The summed E-state index contributed by atoms with van der Waals surface area (Å²) in [5.41, 5.74) is 5.85. The summed E-state index contributed by atoms with van der Waals surface area (Å²) >= 11 is 0. The summed E-state index contributed by atoms with van der Waals surface area (Å²) in [6.07, 6.45) is 0. The molecule has 0 radical (unpaired) electrons. The first kappa shape index (κ1) is 20.4. The highest BCUT2D eigenvalue weighted by molar-refractivity contribution is 5.95. The maximum atomic E-state index is 12.8. The van der Waals surface area contributed by atoms with Crippen molar-refractivity contribution in [2.75, 3.05) is 13.7 Å². The number of nitrogens with one attached hydrogen (secondary N) is 1. The monoisotopic (exact) mass is 390 g/mol. The molecular formula is C24H26N2O3. The Morgan fingerprint density at radius 1 is 1.00 bits per heavy atom. The Bertz CT molecular complexity index is 1000. The molecule has 5 heteroatoms. The molecule has 0 unspecified atom stereocenters. The SMILES string of the molecule is CCOC(=O)c1[nH]c(C)c(-c2ccc(C(=O)N(C)Cc3ccccc3)cc2)c1C. The normalized spacial score (nSPS) is 10.6. The summed E-state index contributed by atoms with van der Waals surface area (Å²) < 4.78 is 5.12. The fraction of sp³-hybridized carbons (Fsp3) is 0.250. The number of ether oxygens (including phenoxy) is 1. The molecular weight excluding hydrogens is 364 g/mol. The van der Waals surface area contributed by atoms with E-state index in [1.165, 1.54) is 0 Å². The predicted molar refractivity (Wildman–Crippen MR) is 114 cm³/mol. The van der Waals surface area contributed by atoms with Gasteiger partial charge in [0.05, 0.1) is 6.61 Å². The number of aromatic amines is 1. The van der Waals surface area contributed by atoms with Gasteiger partial charge in [0, 0.05) is 30.4 Å². The van der Waals surface area contributed by atoms with Crippen LogP contribution in [0.4, 0.5) is 0 Å². The molecule has 0 fully saturated rings. The zero-order chi connectivity index (χ0) is 21.0. The van der Waals surface area contributed by atoms with Crippen LogP contribution in [0, 0.1) is 13.8 Å². The van der Waals surface area contributed by atoms with Crippen LogP contribution in [0.2, 0.25) is 0 Å². The van der Waals surface area contributed by atoms with E-state index in [1.807, 2.05) is 68.4 Å². The topological polar surface area (TPSA) is 62.4 Å². The lowest BCUT2D eigenvalue weighted by molar-refractivity contribution is 0.0519. The Labute approximate surface area is 171 Å². The second kappa shape index (κ2) is 8.78. The number of benzene rings is 2. The molecule has 0 saturated heterocycles. The van der Waals surface area contributed by atoms with Gasteiger partial charge in [-0.2, -0.15) is 0 Å². The molecule has 0 aliphatic carbocycles. The van der Waals surface area contributed by atoms with Crippen molar-refractivity contribution in [2.45, 2.75) is 27.3 Å². The van der Waals surface area contributed by atoms with E-state index in [4.69, 9.17) is 4.74 Å². The van der Waals surface area contributed by atoms with Gasteiger partial charge in [-0.15, -0.1) is 0 Å². The second-order valence-electron chi connectivity index (χ2n) is 7.07. The Morgan fingerprint density at radius 3 is 2.28 bits per heavy atom. The molecule has 0 bridgehead atoms. The van der Waals surface area contributed by atoms with Crippen LogP contribution in [-0.2, 0) is 11.3 Å². The minimum absolute atomic E-state index is 0.0323. The molecule has 2 aromatic carbocycles. The molecule has 1 aromatic heterocycles. The molecule has 1 amide bonds. The summed E-state index contributed by atoms with van der Waals surface area (Å²) in [6.45, 7) is 6.50. The third-order valence-electron chi connectivity index (χ3n) is 4.95. The van der Waals surface area contributed by atoms with Crippen LogP contribution >= 0.6 is 0 Å². The van der Waals surface area contributed by atoms with Crippen molar-refractivity contribution in [1.82, 2.24) is 9.88 Å². The summed E-state index contributed by atoms with van der Waals surface area (Å²) in [7, 11) is 1.80. The smallest absolute Gasteiger partial charge is 0.355 e. The van der Waals surface area contributed by atoms with Crippen molar-refractivity contribution >= 4 is 11.9 Å². The largest absolute Gasteiger partial charge is 0.461 e. The van der Waals surface area contributed by atoms with Crippen LogP contribution in [-0.4, -0.2) is 35.4 Å². The van der Waals surface area contributed by atoms with Gasteiger partial charge in [0.25, 0.3) is 5.91 Å². The number of carbonyl (C=O) groups excluding carboxylic acids is 2. The van der Waals surface area contributed by atoms with Gasteiger partial charge >= 0.3 is 5.97 Å². The lowest BCUT2D eigenvalue weighted by Gasteiger charge is -2.17. The van der Waals surface area contributed by atoms with Gasteiger partial charge in [-0.3, -0.25) is 4.79 Å². The van der Waals surface area contributed by atoms with Crippen molar-refractivity contribution in [2.24, 2.45) is 0 Å². The molecule has 0 spiro atoms. The number of carbonyl (C=O) groups is 2. The van der Waals surface area contributed by atoms with Crippen molar-refractivity contribution in [3.63, 3.8) is 0 Å². The minimum atomic E-state index is -0.353. The van der Waals surface area contributed by atoms with Crippen molar-refractivity contribution in [3.05, 3.63) is 82.7 Å². The van der Waals surface area contributed by atoms with Crippen molar-refractivity contribution < 1.29 is 14.3 Å². The van der Waals surface area contributed by atoms with Crippen LogP contribution in [0.15, 0.2) is 54.6 Å². The van der Waals surface area contributed by atoms with E-state index in [-0.39, 0.29) is 11.9 Å². The van der Waals surface area contributed by atoms with E-state index in [1.54, 1.807) is 18.9 Å². The minimum Gasteiger partial charge on any atom is -0.461 e. The fourth-order valence-corrected chi connectivity index (χ4v) is 3.52. The van der Waals surface area contributed by atoms with Crippen molar-refractivity contribution in [3.8, 4) is 11.1 Å². The lowest BCUT2D eigenvalue weighted by atomic mass is 9.99. The molecule has 0 saturated carbocycles. The maximum absolute atomic E-state index is 12.8. The van der Waals surface area contributed by atoms with E-state index in [9.17, 15) is 9.59 Å². The van der Waals surface area contributed by atoms with Gasteiger partial charge < -0.3 is 14.6 Å². The fourth-order valence-electron chi connectivity index (χ4n) is 3.52. The molecule has 29 heavy (non-hydrogen) atoms. The molecule has 1 heterocycles. The second-order valence-corrected chi connectivity index (χ2v) is 7.07. The molecule has 0 aliphatic heterocycles. The van der Waals surface area contributed by atoms with Crippen LogP contribution in [0.5, 0.6) is 0 Å². The summed E-state index contributed by atoms with van der Waals surface area (Å²) in [4.78, 5) is 29.7. The number of aryl methyl sites for hydroxylation is 1. The summed E-state index contributed by atoms with van der Waals surface area (Å²) in [5.74, 6) is -0.385. The number of nitrogens with zero attached hydrogens (tertiary/aromatic N) is 1. The number of aromatic nitrogens is 1. The summed E-state index contributed by atoms with van der Waals surface area (Å²) in [5, 5.41) is 0. The van der Waals surface area contributed by atoms with Gasteiger partial charge in [0.15, 0.2) is 0 Å². The number of H-pyrrole nitrogens is 1. The highest BCUT2D eigenvalue weighted by Gasteiger charge is 2.20. The molecule has 3 aromatic rings. The zero-order valence-corrected chi connectivity index (χ0v) is 17.3. The third-order valence-corrected chi connectivity index (χ3v) is 4.95.